The van der Waals surface area contributed by atoms with Crippen LogP contribution in [0.3, 0.4) is 0 Å². The number of rotatable bonds is 9. The number of esters is 1. The molecule has 0 saturated heterocycles. The van der Waals surface area contributed by atoms with Crippen LogP contribution in [-0.2, 0) is 20.9 Å². The van der Waals surface area contributed by atoms with Gasteiger partial charge in [-0.2, -0.15) is 0 Å². The molecule has 6 heteroatoms. The molecule has 0 aliphatic heterocycles. The minimum Gasteiger partial charge on any atom is -0.466 e. The van der Waals surface area contributed by atoms with E-state index in [-0.39, 0.29) is 11.9 Å². The Morgan fingerprint density at radius 3 is 2.59 bits per heavy atom. The second kappa shape index (κ2) is 10.3. The number of carbonyl (C=O) groups is 2. The first kappa shape index (κ1) is 18.6. The van der Waals surface area contributed by atoms with Crippen LogP contribution in [-0.4, -0.2) is 43.5 Å². The summed E-state index contributed by atoms with van der Waals surface area (Å²) in [6.07, 6.45) is 0.934. The van der Waals surface area contributed by atoms with Crippen LogP contribution in [0.1, 0.15) is 25.3 Å². The van der Waals surface area contributed by atoms with Crippen molar-refractivity contribution in [2.45, 2.75) is 26.3 Å². The third-order valence-electron chi connectivity index (χ3n) is 2.96. The summed E-state index contributed by atoms with van der Waals surface area (Å²) in [5.41, 5.74) is 1.15. The fraction of sp³-hybridized carbons (Fsp3) is 0.500. The molecule has 0 radical (unpaired) electrons. The molecule has 0 spiro atoms. The third kappa shape index (κ3) is 8.14. The zero-order valence-electron chi connectivity index (χ0n) is 13.1. The highest BCUT2D eigenvalue weighted by molar-refractivity contribution is 9.10. The second-order valence-electron chi connectivity index (χ2n) is 5.06. The summed E-state index contributed by atoms with van der Waals surface area (Å²) in [5.74, 6) is -0.257. The van der Waals surface area contributed by atoms with Gasteiger partial charge in [-0.25, -0.2) is 0 Å². The second-order valence-corrected chi connectivity index (χ2v) is 5.97. The maximum atomic E-state index is 11.8. The van der Waals surface area contributed by atoms with Crippen LogP contribution in [0.25, 0.3) is 0 Å². The lowest BCUT2D eigenvalue weighted by atomic mass is 10.2. The SMILES string of the molecule is CCOC(=O)CCCNC(=O)CN(C)Cc1ccc(Br)cc1. The fourth-order valence-corrected chi connectivity index (χ4v) is 2.22. The average Bonchev–Trinajstić information content (AvgIpc) is 2.46. The van der Waals surface area contributed by atoms with Gasteiger partial charge in [0.15, 0.2) is 0 Å². The Morgan fingerprint density at radius 1 is 1.27 bits per heavy atom. The van der Waals surface area contributed by atoms with Crippen LogP contribution < -0.4 is 5.32 Å². The number of nitrogens with zero attached hydrogens (tertiary/aromatic N) is 1. The van der Waals surface area contributed by atoms with Gasteiger partial charge < -0.3 is 10.1 Å². The Hall–Kier alpha value is -1.40. The minimum atomic E-state index is -0.218. The zero-order chi connectivity index (χ0) is 16.4. The molecule has 0 fully saturated rings. The molecule has 1 N–H and O–H groups in total. The molecule has 1 aromatic carbocycles. The molecule has 0 saturated carbocycles. The van der Waals surface area contributed by atoms with E-state index in [1.807, 2.05) is 36.2 Å². The smallest absolute Gasteiger partial charge is 0.305 e. The number of halogens is 1. The minimum absolute atomic E-state index is 0.0385. The molecule has 0 aliphatic carbocycles. The summed E-state index contributed by atoms with van der Waals surface area (Å²) < 4.78 is 5.87. The summed E-state index contributed by atoms with van der Waals surface area (Å²) in [6, 6.07) is 8.02. The van der Waals surface area contributed by atoms with E-state index in [0.717, 1.165) is 10.0 Å². The molecular formula is C16H23BrN2O3. The maximum Gasteiger partial charge on any atom is 0.305 e. The lowest BCUT2D eigenvalue weighted by molar-refractivity contribution is -0.143. The molecule has 122 valence electrons. The van der Waals surface area contributed by atoms with Gasteiger partial charge in [0, 0.05) is 24.0 Å². The molecule has 5 nitrogen and oxygen atoms in total. The van der Waals surface area contributed by atoms with Gasteiger partial charge in [0.05, 0.1) is 13.2 Å². The number of hydrogen-bond acceptors (Lipinski definition) is 4. The predicted octanol–water partition coefficient (Wildman–Crippen LogP) is 2.34. The Labute approximate surface area is 140 Å². The number of benzene rings is 1. The number of ether oxygens (including phenoxy) is 1. The van der Waals surface area contributed by atoms with Crippen LogP contribution >= 0.6 is 15.9 Å². The van der Waals surface area contributed by atoms with Gasteiger partial charge in [-0.15, -0.1) is 0 Å². The van der Waals surface area contributed by atoms with E-state index in [4.69, 9.17) is 4.74 Å². The zero-order valence-corrected chi connectivity index (χ0v) is 14.7. The van der Waals surface area contributed by atoms with E-state index in [2.05, 4.69) is 21.2 Å². The molecule has 0 aliphatic rings. The average molecular weight is 371 g/mol. The highest BCUT2D eigenvalue weighted by Crippen LogP contribution is 2.11. The van der Waals surface area contributed by atoms with Gasteiger partial charge >= 0.3 is 5.97 Å². The van der Waals surface area contributed by atoms with Crippen LogP contribution in [0.15, 0.2) is 28.7 Å². The fourth-order valence-electron chi connectivity index (χ4n) is 1.95. The summed E-state index contributed by atoms with van der Waals surface area (Å²) in [5, 5.41) is 2.81. The van der Waals surface area contributed by atoms with Crippen molar-refractivity contribution in [2.75, 3.05) is 26.7 Å². The third-order valence-corrected chi connectivity index (χ3v) is 3.49. The van der Waals surface area contributed by atoms with Crippen molar-refractivity contribution in [1.82, 2.24) is 10.2 Å². The van der Waals surface area contributed by atoms with Crippen molar-refractivity contribution in [2.24, 2.45) is 0 Å². The van der Waals surface area contributed by atoms with Gasteiger partial charge in [-0.1, -0.05) is 28.1 Å². The Kier molecular flexibility index (Phi) is 8.77. The highest BCUT2D eigenvalue weighted by Gasteiger charge is 2.07. The Morgan fingerprint density at radius 2 is 1.95 bits per heavy atom. The monoisotopic (exact) mass is 370 g/mol. The quantitative estimate of drug-likeness (QED) is 0.535. The molecule has 0 atom stereocenters. The summed E-state index contributed by atoms with van der Waals surface area (Å²) in [4.78, 5) is 24.9. The van der Waals surface area contributed by atoms with Gasteiger partial charge in [-0.3, -0.25) is 14.5 Å². The van der Waals surface area contributed by atoms with E-state index in [1.165, 1.54) is 0 Å². The number of hydrogen-bond donors (Lipinski definition) is 1. The van der Waals surface area contributed by atoms with Crippen LogP contribution in [0.2, 0.25) is 0 Å². The van der Waals surface area contributed by atoms with Crippen molar-refractivity contribution >= 4 is 27.8 Å². The molecule has 0 bridgehead atoms. The van der Waals surface area contributed by atoms with Crippen molar-refractivity contribution in [3.63, 3.8) is 0 Å². The summed E-state index contributed by atoms with van der Waals surface area (Å²) in [6.45, 7) is 3.70. The topological polar surface area (TPSA) is 58.6 Å². The molecule has 0 heterocycles. The number of nitrogens with one attached hydrogen (secondary N) is 1. The highest BCUT2D eigenvalue weighted by atomic mass is 79.9. The molecular weight excluding hydrogens is 348 g/mol. The molecule has 1 aromatic rings. The lowest BCUT2D eigenvalue weighted by Crippen LogP contribution is -2.35. The first-order valence-electron chi connectivity index (χ1n) is 7.36. The van der Waals surface area contributed by atoms with Gasteiger partial charge in [0.1, 0.15) is 0 Å². The number of carbonyl (C=O) groups excluding carboxylic acids is 2. The summed E-state index contributed by atoms with van der Waals surface area (Å²) in [7, 11) is 1.90. The van der Waals surface area contributed by atoms with E-state index in [0.29, 0.717) is 39.1 Å². The molecule has 22 heavy (non-hydrogen) atoms. The normalized spacial score (nSPS) is 10.5. The van der Waals surface area contributed by atoms with E-state index < -0.39 is 0 Å². The number of likely N-dealkylation sites (N-methyl/N-ethyl adjacent to an activating group) is 1. The van der Waals surface area contributed by atoms with Gasteiger partial charge in [-0.05, 0) is 38.1 Å². The van der Waals surface area contributed by atoms with Crippen molar-refractivity contribution in [3.05, 3.63) is 34.3 Å². The van der Waals surface area contributed by atoms with Gasteiger partial charge in [0.2, 0.25) is 5.91 Å². The largest absolute Gasteiger partial charge is 0.466 e. The first-order chi connectivity index (χ1) is 10.5. The molecule has 1 rings (SSSR count). The van der Waals surface area contributed by atoms with Crippen LogP contribution in [0.4, 0.5) is 0 Å². The van der Waals surface area contributed by atoms with Gasteiger partial charge in [0.25, 0.3) is 0 Å². The lowest BCUT2D eigenvalue weighted by Gasteiger charge is -2.16. The van der Waals surface area contributed by atoms with Crippen LogP contribution in [0.5, 0.6) is 0 Å². The number of amides is 1. The standard InChI is InChI=1S/C16H23BrN2O3/c1-3-22-16(21)5-4-10-18-15(20)12-19(2)11-13-6-8-14(17)9-7-13/h6-9H,3-5,10-12H2,1-2H3,(H,18,20). The van der Waals surface area contributed by atoms with Crippen LogP contribution in [0, 0.1) is 0 Å². The molecule has 1 amide bonds. The Balaban J connectivity index is 2.18. The Bertz CT molecular complexity index is 477. The molecule has 0 unspecified atom stereocenters. The summed E-state index contributed by atoms with van der Waals surface area (Å²) >= 11 is 3.40. The van der Waals surface area contributed by atoms with E-state index >= 15 is 0 Å². The van der Waals surface area contributed by atoms with Crippen molar-refractivity contribution < 1.29 is 14.3 Å². The van der Waals surface area contributed by atoms with Crippen molar-refractivity contribution in [3.8, 4) is 0 Å². The molecule has 0 aromatic heterocycles. The predicted molar refractivity (Wildman–Crippen MR) is 89.4 cm³/mol. The van der Waals surface area contributed by atoms with E-state index in [9.17, 15) is 9.59 Å². The van der Waals surface area contributed by atoms with E-state index in [1.54, 1.807) is 6.92 Å². The first-order valence-corrected chi connectivity index (χ1v) is 8.16. The maximum absolute atomic E-state index is 11.8. The van der Waals surface area contributed by atoms with Crippen molar-refractivity contribution in [1.29, 1.82) is 0 Å².